The number of esters is 1. The number of amides is 2. The lowest BCUT2D eigenvalue weighted by Gasteiger charge is -2.09. The van der Waals surface area contributed by atoms with Gasteiger partial charge in [0.25, 0.3) is 5.91 Å². The Kier molecular flexibility index (Phi) is 6.30. The molecule has 0 radical (unpaired) electrons. The molecule has 0 heterocycles. The standard InChI is InChI=1S/C18H17BrN2O4/c1-11-8-15(6-7-16(11)19)21-17(23)10-25-18(24)13-4-3-5-14(9-13)20-12(2)22/h3-9H,10H2,1-2H3,(H,20,22)(H,21,23). The van der Waals surface area contributed by atoms with Crippen molar-refractivity contribution in [1.29, 1.82) is 0 Å². The van der Waals surface area contributed by atoms with Crippen LogP contribution in [-0.2, 0) is 14.3 Å². The van der Waals surface area contributed by atoms with Crippen molar-refractivity contribution >= 4 is 45.1 Å². The van der Waals surface area contributed by atoms with Crippen LogP contribution >= 0.6 is 15.9 Å². The Hall–Kier alpha value is -2.67. The summed E-state index contributed by atoms with van der Waals surface area (Å²) >= 11 is 3.38. The maximum absolute atomic E-state index is 12.0. The number of carbonyl (C=O) groups is 3. The zero-order chi connectivity index (χ0) is 18.4. The second-order valence-electron chi connectivity index (χ2n) is 5.35. The van der Waals surface area contributed by atoms with Gasteiger partial charge < -0.3 is 15.4 Å². The molecule has 0 saturated carbocycles. The van der Waals surface area contributed by atoms with E-state index in [4.69, 9.17) is 4.74 Å². The Bertz CT molecular complexity index is 820. The summed E-state index contributed by atoms with van der Waals surface area (Å²) in [6, 6.07) is 11.7. The van der Waals surface area contributed by atoms with Crippen molar-refractivity contribution in [1.82, 2.24) is 0 Å². The normalized spacial score (nSPS) is 10.0. The number of ether oxygens (including phenoxy) is 1. The van der Waals surface area contributed by atoms with E-state index in [1.807, 2.05) is 13.0 Å². The molecule has 2 rings (SSSR count). The van der Waals surface area contributed by atoms with E-state index in [2.05, 4.69) is 26.6 Å². The Labute approximate surface area is 153 Å². The number of hydrogen-bond acceptors (Lipinski definition) is 4. The lowest BCUT2D eigenvalue weighted by atomic mass is 10.2. The van der Waals surface area contributed by atoms with Gasteiger partial charge >= 0.3 is 5.97 Å². The van der Waals surface area contributed by atoms with Crippen molar-refractivity contribution < 1.29 is 19.1 Å². The third-order valence-corrected chi connectivity index (χ3v) is 4.08. The van der Waals surface area contributed by atoms with Gasteiger partial charge in [-0.1, -0.05) is 22.0 Å². The van der Waals surface area contributed by atoms with Gasteiger partial charge in [-0.2, -0.15) is 0 Å². The highest BCUT2D eigenvalue weighted by atomic mass is 79.9. The quantitative estimate of drug-likeness (QED) is 0.746. The van der Waals surface area contributed by atoms with Crippen LogP contribution in [0.3, 0.4) is 0 Å². The zero-order valence-corrected chi connectivity index (χ0v) is 15.3. The molecule has 0 aliphatic rings. The van der Waals surface area contributed by atoms with E-state index in [1.165, 1.54) is 13.0 Å². The summed E-state index contributed by atoms with van der Waals surface area (Å²) in [7, 11) is 0. The number of halogens is 1. The second kappa shape index (κ2) is 8.43. The highest BCUT2D eigenvalue weighted by molar-refractivity contribution is 9.10. The van der Waals surface area contributed by atoms with Gasteiger partial charge in [-0.3, -0.25) is 9.59 Å². The lowest BCUT2D eigenvalue weighted by Crippen LogP contribution is -2.21. The molecule has 2 aromatic rings. The first-order valence-corrected chi connectivity index (χ1v) is 8.25. The molecule has 0 aromatic heterocycles. The summed E-state index contributed by atoms with van der Waals surface area (Å²) in [5.41, 5.74) is 2.33. The average Bonchev–Trinajstić information content (AvgIpc) is 2.55. The molecule has 0 saturated heterocycles. The van der Waals surface area contributed by atoms with Gasteiger partial charge in [0, 0.05) is 22.8 Å². The summed E-state index contributed by atoms with van der Waals surface area (Å²) in [5, 5.41) is 5.24. The van der Waals surface area contributed by atoms with Gasteiger partial charge in [-0.25, -0.2) is 4.79 Å². The molecule has 0 fully saturated rings. The molecule has 7 heteroatoms. The smallest absolute Gasteiger partial charge is 0.338 e. The van der Waals surface area contributed by atoms with Crippen molar-refractivity contribution in [3.05, 3.63) is 58.1 Å². The number of aryl methyl sites for hydroxylation is 1. The topological polar surface area (TPSA) is 84.5 Å². The van der Waals surface area contributed by atoms with Crippen molar-refractivity contribution in [3.8, 4) is 0 Å². The molecule has 130 valence electrons. The third kappa shape index (κ3) is 5.72. The van der Waals surface area contributed by atoms with Crippen LogP contribution in [0.2, 0.25) is 0 Å². The zero-order valence-electron chi connectivity index (χ0n) is 13.8. The first-order chi connectivity index (χ1) is 11.8. The average molecular weight is 405 g/mol. The first-order valence-electron chi connectivity index (χ1n) is 7.46. The van der Waals surface area contributed by atoms with E-state index in [0.717, 1.165) is 10.0 Å². The molecule has 2 aromatic carbocycles. The molecule has 6 nitrogen and oxygen atoms in total. The molecule has 0 bridgehead atoms. The van der Waals surface area contributed by atoms with Gasteiger partial charge in [0.15, 0.2) is 6.61 Å². The first kappa shape index (κ1) is 18.7. The molecule has 2 N–H and O–H groups in total. The number of carbonyl (C=O) groups excluding carboxylic acids is 3. The fraction of sp³-hybridized carbons (Fsp3) is 0.167. The summed E-state index contributed by atoms with van der Waals surface area (Å²) in [5.74, 6) is -1.32. The van der Waals surface area contributed by atoms with E-state index in [0.29, 0.717) is 11.4 Å². The van der Waals surface area contributed by atoms with Crippen molar-refractivity contribution in [2.45, 2.75) is 13.8 Å². The lowest BCUT2D eigenvalue weighted by molar-refractivity contribution is -0.119. The highest BCUT2D eigenvalue weighted by Gasteiger charge is 2.11. The van der Waals surface area contributed by atoms with Crippen LogP contribution < -0.4 is 10.6 Å². The maximum atomic E-state index is 12.0. The summed E-state index contributed by atoms with van der Waals surface area (Å²) in [6.07, 6.45) is 0. The Balaban J connectivity index is 1.91. The van der Waals surface area contributed by atoms with Crippen molar-refractivity contribution in [2.24, 2.45) is 0 Å². The van der Waals surface area contributed by atoms with E-state index >= 15 is 0 Å². The van der Waals surface area contributed by atoms with Gasteiger partial charge in [-0.05, 0) is 48.9 Å². The van der Waals surface area contributed by atoms with Crippen molar-refractivity contribution in [2.75, 3.05) is 17.2 Å². The SMILES string of the molecule is CC(=O)Nc1cccc(C(=O)OCC(=O)Nc2ccc(Br)c(C)c2)c1. The van der Waals surface area contributed by atoms with Crippen LogP contribution in [0.5, 0.6) is 0 Å². The monoisotopic (exact) mass is 404 g/mol. The van der Waals surface area contributed by atoms with E-state index in [-0.39, 0.29) is 11.5 Å². The predicted octanol–water partition coefficient (Wildman–Crippen LogP) is 3.51. The van der Waals surface area contributed by atoms with E-state index in [1.54, 1.807) is 30.3 Å². The number of rotatable bonds is 5. The molecule has 0 spiro atoms. The Morgan fingerprint density at radius 1 is 1.04 bits per heavy atom. The molecule has 25 heavy (non-hydrogen) atoms. The van der Waals surface area contributed by atoms with Crippen LogP contribution in [0.4, 0.5) is 11.4 Å². The maximum Gasteiger partial charge on any atom is 0.338 e. The number of hydrogen-bond donors (Lipinski definition) is 2. The molecule has 0 aliphatic heterocycles. The van der Waals surface area contributed by atoms with Gasteiger partial charge in [0.2, 0.25) is 5.91 Å². The van der Waals surface area contributed by atoms with Crippen LogP contribution in [0.1, 0.15) is 22.8 Å². The van der Waals surface area contributed by atoms with E-state index < -0.39 is 18.5 Å². The predicted molar refractivity (Wildman–Crippen MR) is 98.5 cm³/mol. The highest BCUT2D eigenvalue weighted by Crippen LogP contribution is 2.20. The minimum absolute atomic E-state index is 0.241. The van der Waals surface area contributed by atoms with E-state index in [9.17, 15) is 14.4 Å². The largest absolute Gasteiger partial charge is 0.452 e. The molecule has 2 amide bonds. The summed E-state index contributed by atoms with van der Waals surface area (Å²) in [6.45, 7) is 2.87. The van der Waals surface area contributed by atoms with Gasteiger partial charge in [0.1, 0.15) is 0 Å². The molecular weight excluding hydrogens is 388 g/mol. The molecular formula is C18H17BrN2O4. The molecule has 0 atom stereocenters. The summed E-state index contributed by atoms with van der Waals surface area (Å²) < 4.78 is 5.94. The van der Waals surface area contributed by atoms with Crippen LogP contribution in [0, 0.1) is 6.92 Å². The fourth-order valence-electron chi connectivity index (χ4n) is 2.06. The van der Waals surface area contributed by atoms with Crippen LogP contribution in [-0.4, -0.2) is 24.4 Å². The molecule has 0 aliphatic carbocycles. The second-order valence-corrected chi connectivity index (χ2v) is 6.20. The van der Waals surface area contributed by atoms with Crippen molar-refractivity contribution in [3.63, 3.8) is 0 Å². The van der Waals surface area contributed by atoms with Gasteiger partial charge in [0.05, 0.1) is 5.56 Å². The Morgan fingerprint density at radius 3 is 2.44 bits per heavy atom. The summed E-state index contributed by atoms with van der Waals surface area (Å²) in [4.78, 5) is 35.0. The Morgan fingerprint density at radius 2 is 1.76 bits per heavy atom. The molecule has 0 unspecified atom stereocenters. The van der Waals surface area contributed by atoms with Gasteiger partial charge in [-0.15, -0.1) is 0 Å². The van der Waals surface area contributed by atoms with Crippen LogP contribution in [0.15, 0.2) is 46.9 Å². The van der Waals surface area contributed by atoms with Crippen LogP contribution in [0.25, 0.3) is 0 Å². The third-order valence-electron chi connectivity index (χ3n) is 3.19. The number of benzene rings is 2. The minimum atomic E-state index is -0.644. The number of nitrogens with one attached hydrogen (secondary N) is 2. The minimum Gasteiger partial charge on any atom is -0.452 e. The number of anilines is 2. The fourth-order valence-corrected chi connectivity index (χ4v) is 2.31.